The van der Waals surface area contributed by atoms with Gasteiger partial charge in [0.2, 0.25) is 0 Å². The van der Waals surface area contributed by atoms with Crippen LogP contribution in [0.25, 0.3) is 0 Å². The van der Waals surface area contributed by atoms with Gasteiger partial charge in [-0.2, -0.15) is 0 Å². The zero-order valence-corrected chi connectivity index (χ0v) is 17.3. The van der Waals surface area contributed by atoms with Crippen LogP contribution in [0.1, 0.15) is 63.2 Å². The molecule has 2 unspecified atom stereocenters. The van der Waals surface area contributed by atoms with Crippen LogP contribution in [-0.2, 0) is 20.6 Å². The monoisotopic (exact) mass is 412 g/mol. The third kappa shape index (κ3) is 5.41. The molecule has 2 saturated heterocycles. The first kappa shape index (κ1) is 22.3. The zero-order valence-electron chi connectivity index (χ0n) is 17.3. The summed E-state index contributed by atoms with van der Waals surface area (Å²) in [5, 5.41) is 0. The number of allylic oxidation sites excluding steroid dienone is 2. The van der Waals surface area contributed by atoms with E-state index in [1.54, 1.807) is 12.1 Å². The van der Waals surface area contributed by atoms with E-state index >= 15 is 0 Å². The van der Waals surface area contributed by atoms with Crippen LogP contribution in [0.15, 0.2) is 24.3 Å². The highest BCUT2D eigenvalue weighted by molar-refractivity contribution is 5.28. The van der Waals surface area contributed by atoms with Gasteiger partial charge in [0.05, 0.1) is 25.9 Å². The van der Waals surface area contributed by atoms with Crippen molar-refractivity contribution in [1.82, 2.24) is 0 Å². The average molecular weight is 412 g/mol. The number of hydrogen-bond acceptors (Lipinski definition) is 3. The summed E-state index contributed by atoms with van der Waals surface area (Å²) in [6, 6.07) is 3.28. The van der Waals surface area contributed by atoms with Gasteiger partial charge in [0.15, 0.2) is 23.6 Å². The van der Waals surface area contributed by atoms with E-state index in [1.165, 1.54) is 0 Å². The molecule has 0 bridgehead atoms. The van der Waals surface area contributed by atoms with Gasteiger partial charge in [0, 0.05) is 11.5 Å². The van der Waals surface area contributed by atoms with Gasteiger partial charge in [-0.15, -0.1) is 0 Å². The van der Waals surface area contributed by atoms with Gasteiger partial charge in [-0.25, -0.2) is 13.2 Å². The van der Waals surface area contributed by atoms with Crippen LogP contribution in [0.2, 0.25) is 0 Å². The van der Waals surface area contributed by atoms with Crippen LogP contribution in [-0.4, -0.2) is 31.8 Å². The Balaban J connectivity index is 1.55. The van der Waals surface area contributed by atoms with E-state index in [2.05, 4.69) is 0 Å². The Kier molecular flexibility index (Phi) is 7.77. The summed E-state index contributed by atoms with van der Waals surface area (Å²) < 4.78 is 60.5. The maximum Gasteiger partial charge on any atom is 0.164 e. The molecule has 0 spiro atoms. The molecule has 3 nitrogen and oxygen atoms in total. The first-order chi connectivity index (χ1) is 14.0. The Labute approximate surface area is 171 Å². The molecule has 2 aliphatic heterocycles. The highest BCUT2D eigenvalue weighted by Gasteiger charge is 2.40. The molecule has 162 valence electrons. The lowest BCUT2D eigenvalue weighted by atomic mass is 9.92. The van der Waals surface area contributed by atoms with Crippen LogP contribution in [0.4, 0.5) is 13.2 Å². The molecule has 0 radical (unpaired) electrons. The lowest BCUT2D eigenvalue weighted by Crippen LogP contribution is -2.47. The summed E-state index contributed by atoms with van der Waals surface area (Å²) in [6.07, 6.45) is 6.34. The minimum atomic E-state index is -1.42. The summed E-state index contributed by atoms with van der Waals surface area (Å²) in [7, 11) is 0. The number of aryl methyl sites for hydroxylation is 1. The molecule has 0 amide bonds. The fraction of sp³-hybridized carbons (Fsp3) is 0.652. The van der Waals surface area contributed by atoms with Gasteiger partial charge in [0.1, 0.15) is 0 Å². The van der Waals surface area contributed by atoms with Crippen molar-refractivity contribution in [2.75, 3.05) is 19.8 Å². The summed E-state index contributed by atoms with van der Waals surface area (Å²) in [6.45, 7) is 4.20. The molecule has 29 heavy (non-hydrogen) atoms. The smallest absolute Gasteiger partial charge is 0.164 e. The normalized spacial score (nSPS) is 30.7. The molecule has 2 fully saturated rings. The van der Waals surface area contributed by atoms with Crippen molar-refractivity contribution in [2.45, 2.75) is 70.4 Å². The van der Waals surface area contributed by atoms with E-state index in [0.717, 1.165) is 6.42 Å². The zero-order chi connectivity index (χ0) is 20.9. The van der Waals surface area contributed by atoms with Crippen molar-refractivity contribution in [1.29, 1.82) is 0 Å². The topological polar surface area (TPSA) is 27.7 Å². The fourth-order valence-electron chi connectivity index (χ4n) is 4.10. The highest BCUT2D eigenvalue weighted by Crippen LogP contribution is 2.37. The largest absolute Gasteiger partial charge is 0.373 e. The molecule has 6 heteroatoms. The molecule has 0 saturated carbocycles. The van der Waals surface area contributed by atoms with Gasteiger partial charge in [-0.1, -0.05) is 37.6 Å². The van der Waals surface area contributed by atoms with Crippen LogP contribution in [0.3, 0.4) is 0 Å². The second kappa shape index (κ2) is 10.1. The SMILES string of the molecule is CC=CCCc1ccc(C2CCC(C3OCC(F)(CCC)CO3)CO2)c(F)c1F. The van der Waals surface area contributed by atoms with Gasteiger partial charge in [-0.3, -0.25) is 0 Å². The van der Waals surface area contributed by atoms with Crippen molar-refractivity contribution in [2.24, 2.45) is 5.92 Å². The molecule has 0 N–H and O–H groups in total. The number of benzene rings is 1. The predicted molar refractivity (Wildman–Crippen MR) is 105 cm³/mol. The number of ether oxygens (including phenoxy) is 3. The van der Waals surface area contributed by atoms with Crippen LogP contribution in [0.5, 0.6) is 0 Å². The number of hydrogen-bond donors (Lipinski definition) is 0. The first-order valence-corrected chi connectivity index (χ1v) is 10.6. The predicted octanol–water partition coefficient (Wildman–Crippen LogP) is 5.82. The lowest BCUT2D eigenvalue weighted by molar-refractivity contribution is -0.266. The van der Waals surface area contributed by atoms with E-state index in [0.29, 0.717) is 44.3 Å². The fourth-order valence-corrected chi connectivity index (χ4v) is 4.10. The van der Waals surface area contributed by atoms with Crippen molar-refractivity contribution in [3.8, 4) is 0 Å². The highest BCUT2D eigenvalue weighted by atomic mass is 19.2. The minimum Gasteiger partial charge on any atom is -0.373 e. The van der Waals surface area contributed by atoms with Crippen LogP contribution in [0, 0.1) is 17.6 Å². The molecule has 2 atom stereocenters. The molecule has 3 rings (SSSR count). The van der Waals surface area contributed by atoms with Crippen molar-refractivity contribution >= 4 is 0 Å². The minimum absolute atomic E-state index is 0.0277. The Bertz CT molecular complexity index is 691. The van der Waals surface area contributed by atoms with Crippen molar-refractivity contribution in [3.63, 3.8) is 0 Å². The third-order valence-electron chi connectivity index (χ3n) is 5.76. The second-order valence-corrected chi connectivity index (χ2v) is 8.10. The summed E-state index contributed by atoms with van der Waals surface area (Å²) in [4.78, 5) is 0. The summed E-state index contributed by atoms with van der Waals surface area (Å²) in [5.41, 5.74) is -0.783. The van der Waals surface area contributed by atoms with Gasteiger partial charge < -0.3 is 14.2 Å². The molecule has 2 heterocycles. The summed E-state index contributed by atoms with van der Waals surface area (Å²) >= 11 is 0. The standard InChI is InChI=1S/C23H31F3O3/c1-3-5-6-7-16-8-10-18(21(25)20(16)24)19-11-9-17(13-27-19)22-28-14-23(26,12-4-2)15-29-22/h3,5,8,10,17,19,22H,4,6-7,9,11-15H2,1-2H3. The van der Waals surface area contributed by atoms with Crippen LogP contribution < -0.4 is 0 Å². The van der Waals surface area contributed by atoms with Crippen molar-refractivity contribution < 1.29 is 27.4 Å². The molecular formula is C23H31F3O3. The molecule has 2 aliphatic rings. The molecule has 0 aromatic heterocycles. The molecular weight excluding hydrogens is 381 g/mol. The molecule has 1 aromatic carbocycles. The van der Waals surface area contributed by atoms with Crippen molar-refractivity contribution in [3.05, 3.63) is 47.0 Å². The average Bonchev–Trinajstić information content (AvgIpc) is 2.72. The maximum absolute atomic E-state index is 14.6. The van der Waals surface area contributed by atoms with E-state index in [-0.39, 0.29) is 24.7 Å². The Morgan fingerprint density at radius 3 is 2.48 bits per heavy atom. The molecule has 0 aliphatic carbocycles. The van der Waals surface area contributed by atoms with E-state index in [1.807, 2.05) is 26.0 Å². The Morgan fingerprint density at radius 1 is 1.10 bits per heavy atom. The summed E-state index contributed by atoms with van der Waals surface area (Å²) in [5.74, 6) is -1.64. The maximum atomic E-state index is 14.6. The van der Waals surface area contributed by atoms with E-state index in [4.69, 9.17) is 14.2 Å². The number of halogens is 3. The number of rotatable bonds is 7. The lowest BCUT2D eigenvalue weighted by Gasteiger charge is -2.39. The van der Waals surface area contributed by atoms with Gasteiger partial charge in [0.25, 0.3) is 0 Å². The first-order valence-electron chi connectivity index (χ1n) is 10.6. The number of alkyl halides is 1. The van der Waals surface area contributed by atoms with E-state index < -0.39 is 29.7 Å². The molecule has 1 aromatic rings. The van der Waals surface area contributed by atoms with Gasteiger partial charge in [-0.05, 0) is 44.6 Å². The Morgan fingerprint density at radius 2 is 1.86 bits per heavy atom. The van der Waals surface area contributed by atoms with Gasteiger partial charge >= 0.3 is 0 Å². The van der Waals surface area contributed by atoms with Crippen LogP contribution >= 0.6 is 0 Å². The third-order valence-corrected chi connectivity index (χ3v) is 5.76. The quantitative estimate of drug-likeness (QED) is 0.528. The van der Waals surface area contributed by atoms with E-state index in [9.17, 15) is 13.2 Å². The Hall–Kier alpha value is -1.37. The second-order valence-electron chi connectivity index (χ2n) is 8.10.